The van der Waals surface area contributed by atoms with Crippen LogP contribution in [0.5, 0.6) is 0 Å². The van der Waals surface area contributed by atoms with Gasteiger partial charge in [0.2, 0.25) is 5.95 Å². The number of imidazole rings is 1. The van der Waals surface area contributed by atoms with Gasteiger partial charge in [0.05, 0.1) is 0 Å². The minimum Gasteiger partial charge on any atom is -0.355 e. The van der Waals surface area contributed by atoms with E-state index >= 15 is 0 Å². The molecule has 0 saturated heterocycles. The van der Waals surface area contributed by atoms with Crippen molar-refractivity contribution in [3.05, 3.63) is 12.4 Å². The molecule has 2 aliphatic carbocycles. The highest BCUT2D eigenvalue weighted by molar-refractivity contribution is 5.26. The molecular weight excluding hydrogens is 222 g/mol. The Morgan fingerprint density at radius 3 is 2.50 bits per heavy atom. The molecule has 2 saturated carbocycles. The molecule has 0 bridgehead atoms. The molecule has 100 valence electrons. The molecule has 0 spiro atoms. The van der Waals surface area contributed by atoms with Crippen LogP contribution in [-0.4, -0.2) is 16.1 Å². The van der Waals surface area contributed by atoms with Crippen LogP contribution in [0.4, 0.5) is 5.95 Å². The van der Waals surface area contributed by atoms with Crippen LogP contribution in [0.2, 0.25) is 0 Å². The fraction of sp³-hybridized carbons (Fsp3) is 0.800. The highest BCUT2D eigenvalue weighted by Gasteiger charge is 2.41. The van der Waals surface area contributed by atoms with Crippen LogP contribution < -0.4 is 5.32 Å². The average molecular weight is 247 g/mol. The second-order valence-electron chi connectivity index (χ2n) is 6.52. The summed E-state index contributed by atoms with van der Waals surface area (Å²) in [7, 11) is 0. The summed E-state index contributed by atoms with van der Waals surface area (Å²) in [6, 6.07) is 0. The molecule has 2 fully saturated rings. The third-order valence-electron chi connectivity index (χ3n) is 4.23. The molecule has 3 nitrogen and oxygen atoms in total. The number of anilines is 1. The maximum absolute atomic E-state index is 4.45. The van der Waals surface area contributed by atoms with E-state index in [1.54, 1.807) is 0 Å². The fourth-order valence-electron chi connectivity index (χ4n) is 2.99. The summed E-state index contributed by atoms with van der Waals surface area (Å²) in [6.07, 6.45) is 9.85. The van der Waals surface area contributed by atoms with Crippen LogP contribution in [-0.2, 0) is 6.54 Å². The standard InChI is InChI=1S/C15H25N3/c1-11(2)10-18-8-7-16-15(18)17-9-14(12-3-4-12)13-5-6-13/h7-8,11-14H,3-6,9-10H2,1-2H3,(H,16,17). The molecule has 1 aromatic heterocycles. The average Bonchev–Trinajstić information content (AvgIpc) is 3.21. The van der Waals surface area contributed by atoms with E-state index in [0.29, 0.717) is 5.92 Å². The Morgan fingerprint density at radius 1 is 1.28 bits per heavy atom. The first-order valence-electron chi connectivity index (χ1n) is 7.49. The second-order valence-corrected chi connectivity index (χ2v) is 6.52. The lowest BCUT2D eigenvalue weighted by Gasteiger charge is -2.18. The van der Waals surface area contributed by atoms with Gasteiger partial charge < -0.3 is 9.88 Å². The summed E-state index contributed by atoms with van der Waals surface area (Å²) in [5, 5.41) is 3.59. The summed E-state index contributed by atoms with van der Waals surface area (Å²) < 4.78 is 2.25. The van der Waals surface area contributed by atoms with E-state index in [1.807, 2.05) is 6.20 Å². The van der Waals surface area contributed by atoms with E-state index in [2.05, 4.69) is 34.9 Å². The predicted molar refractivity (Wildman–Crippen MR) is 74.5 cm³/mol. The molecule has 0 aromatic carbocycles. The van der Waals surface area contributed by atoms with Crippen molar-refractivity contribution in [3.63, 3.8) is 0 Å². The Balaban J connectivity index is 1.56. The van der Waals surface area contributed by atoms with Gasteiger partial charge in [0.25, 0.3) is 0 Å². The minimum atomic E-state index is 0.669. The topological polar surface area (TPSA) is 29.9 Å². The van der Waals surface area contributed by atoms with Crippen LogP contribution in [0, 0.1) is 23.7 Å². The zero-order chi connectivity index (χ0) is 12.5. The first-order chi connectivity index (χ1) is 8.74. The molecular formula is C15H25N3. The van der Waals surface area contributed by atoms with Gasteiger partial charge in [-0.1, -0.05) is 13.8 Å². The zero-order valence-electron chi connectivity index (χ0n) is 11.6. The van der Waals surface area contributed by atoms with E-state index in [-0.39, 0.29) is 0 Å². The van der Waals surface area contributed by atoms with Crippen molar-refractivity contribution >= 4 is 5.95 Å². The van der Waals surface area contributed by atoms with Crippen molar-refractivity contribution in [2.75, 3.05) is 11.9 Å². The lowest BCUT2D eigenvalue weighted by Crippen LogP contribution is -2.20. The lowest BCUT2D eigenvalue weighted by atomic mass is 9.98. The number of nitrogens with one attached hydrogen (secondary N) is 1. The Bertz CT molecular complexity index is 376. The lowest BCUT2D eigenvalue weighted by molar-refractivity contribution is 0.425. The van der Waals surface area contributed by atoms with E-state index in [4.69, 9.17) is 0 Å². The number of rotatable bonds is 7. The Hall–Kier alpha value is -0.990. The summed E-state index contributed by atoms with van der Waals surface area (Å²) in [5.41, 5.74) is 0. The monoisotopic (exact) mass is 247 g/mol. The van der Waals surface area contributed by atoms with Crippen molar-refractivity contribution in [2.24, 2.45) is 23.7 Å². The molecule has 1 N–H and O–H groups in total. The van der Waals surface area contributed by atoms with Gasteiger partial charge in [-0.2, -0.15) is 0 Å². The molecule has 0 atom stereocenters. The van der Waals surface area contributed by atoms with E-state index in [1.165, 1.54) is 25.7 Å². The second kappa shape index (κ2) is 4.94. The van der Waals surface area contributed by atoms with Crippen molar-refractivity contribution in [3.8, 4) is 0 Å². The van der Waals surface area contributed by atoms with Crippen LogP contribution in [0.15, 0.2) is 12.4 Å². The van der Waals surface area contributed by atoms with E-state index < -0.39 is 0 Å². The third-order valence-corrected chi connectivity index (χ3v) is 4.23. The summed E-state index contributed by atoms with van der Waals surface area (Å²) >= 11 is 0. The maximum atomic E-state index is 4.45. The molecule has 1 heterocycles. The molecule has 3 heteroatoms. The van der Waals surface area contributed by atoms with Crippen molar-refractivity contribution in [1.29, 1.82) is 0 Å². The Labute approximate surface area is 110 Å². The number of nitrogens with zero attached hydrogens (tertiary/aromatic N) is 2. The molecule has 0 radical (unpaired) electrons. The Morgan fingerprint density at radius 2 is 1.94 bits per heavy atom. The minimum absolute atomic E-state index is 0.669. The first kappa shape index (κ1) is 12.1. The van der Waals surface area contributed by atoms with Gasteiger partial charge in [0.1, 0.15) is 0 Å². The van der Waals surface area contributed by atoms with Crippen LogP contribution >= 0.6 is 0 Å². The Kier molecular flexibility index (Phi) is 3.31. The van der Waals surface area contributed by atoms with Gasteiger partial charge in [0.15, 0.2) is 0 Å². The molecule has 0 aliphatic heterocycles. The van der Waals surface area contributed by atoms with Crippen LogP contribution in [0.3, 0.4) is 0 Å². The molecule has 0 unspecified atom stereocenters. The first-order valence-corrected chi connectivity index (χ1v) is 7.49. The predicted octanol–water partition coefficient (Wildman–Crippen LogP) is 3.39. The van der Waals surface area contributed by atoms with Crippen LogP contribution in [0.25, 0.3) is 0 Å². The van der Waals surface area contributed by atoms with Crippen molar-refractivity contribution < 1.29 is 0 Å². The normalized spacial score (nSPS) is 19.8. The van der Waals surface area contributed by atoms with Gasteiger partial charge in [-0.25, -0.2) is 4.98 Å². The highest BCUT2D eigenvalue weighted by Crippen LogP contribution is 2.49. The summed E-state index contributed by atoms with van der Waals surface area (Å²) in [5.74, 6) is 4.67. The molecule has 2 aliphatic rings. The molecule has 0 amide bonds. The number of hydrogen-bond acceptors (Lipinski definition) is 2. The van der Waals surface area contributed by atoms with Gasteiger partial charge in [0, 0.05) is 25.5 Å². The quantitative estimate of drug-likeness (QED) is 0.800. The van der Waals surface area contributed by atoms with Gasteiger partial charge in [-0.3, -0.25) is 0 Å². The van der Waals surface area contributed by atoms with Crippen molar-refractivity contribution in [2.45, 2.75) is 46.1 Å². The van der Waals surface area contributed by atoms with Crippen molar-refractivity contribution in [1.82, 2.24) is 9.55 Å². The summed E-state index contributed by atoms with van der Waals surface area (Å²) in [6.45, 7) is 6.69. The number of aromatic nitrogens is 2. The largest absolute Gasteiger partial charge is 0.355 e. The maximum Gasteiger partial charge on any atom is 0.202 e. The molecule has 3 rings (SSSR count). The SMILES string of the molecule is CC(C)Cn1ccnc1NCC(C1CC1)C1CC1. The summed E-state index contributed by atoms with van der Waals surface area (Å²) in [4.78, 5) is 4.45. The fourth-order valence-corrected chi connectivity index (χ4v) is 2.99. The van der Waals surface area contributed by atoms with Gasteiger partial charge in [-0.15, -0.1) is 0 Å². The van der Waals surface area contributed by atoms with E-state index in [0.717, 1.165) is 36.8 Å². The third kappa shape index (κ3) is 2.88. The highest BCUT2D eigenvalue weighted by atomic mass is 15.2. The molecule has 1 aromatic rings. The van der Waals surface area contributed by atoms with Crippen LogP contribution in [0.1, 0.15) is 39.5 Å². The van der Waals surface area contributed by atoms with E-state index in [9.17, 15) is 0 Å². The smallest absolute Gasteiger partial charge is 0.202 e. The molecule has 18 heavy (non-hydrogen) atoms. The number of hydrogen-bond donors (Lipinski definition) is 1. The van der Waals surface area contributed by atoms with Gasteiger partial charge in [-0.05, 0) is 49.4 Å². The van der Waals surface area contributed by atoms with Gasteiger partial charge >= 0.3 is 0 Å². The zero-order valence-corrected chi connectivity index (χ0v) is 11.6.